The highest BCUT2D eigenvalue weighted by molar-refractivity contribution is 8.00. The number of sulfonamides is 1. The molecule has 1 N–H and O–H groups in total. The number of hydrogen-bond acceptors (Lipinski definition) is 6. The Morgan fingerprint density at radius 1 is 1.31 bits per heavy atom. The van der Waals surface area contributed by atoms with Gasteiger partial charge in [-0.3, -0.25) is 9.59 Å². The summed E-state index contributed by atoms with van der Waals surface area (Å²) in [6.45, 7) is 4.61. The molecule has 7 nitrogen and oxygen atoms in total. The Kier molecular flexibility index (Phi) is 7.08. The molecule has 2 rings (SSSR count). The van der Waals surface area contributed by atoms with Gasteiger partial charge in [-0.15, -0.1) is 11.8 Å². The van der Waals surface area contributed by atoms with Crippen LogP contribution in [0.25, 0.3) is 0 Å². The van der Waals surface area contributed by atoms with Gasteiger partial charge in [-0.05, 0) is 37.1 Å². The highest BCUT2D eigenvalue weighted by Gasteiger charge is 2.29. The number of hydrogen-bond donors (Lipinski definition) is 1. The van der Waals surface area contributed by atoms with Crippen LogP contribution in [-0.2, 0) is 24.3 Å². The van der Waals surface area contributed by atoms with Crippen LogP contribution in [0, 0.1) is 13.8 Å². The van der Waals surface area contributed by atoms with Crippen molar-refractivity contribution < 1.29 is 22.7 Å². The maximum Gasteiger partial charge on any atom is 0.320 e. The Labute approximate surface area is 158 Å². The molecule has 26 heavy (non-hydrogen) atoms. The summed E-state index contributed by atoms with van der Waals surface area (Å²) in [5.41, 5.74) is 1.91. The topological polar surface area (TPSA) is 92.8 Å². The standard InChI is InChI=1S/C17H24N2O5S2/c1-12-4-5-14(10-13(12)2)26(22,23)18-7-6-16(20)19-8-9-25-15(11-19)17(21)24-3/h4-5,10,15,18H,6-9,11H2,1-3H3/t15-/m0/s1. The van der Waals surface area contributed by atoms with Crippen LogP contribution >= 0.6 is 11.8 Å². The zero-order chi connectivity index (χ0) is 19.3. The Bertz CT molecular complexity index is 779. The lowest BCUT2D eigenvalue weighted by atomic mass is 10.1. The molecule has 1 aromatic carbocycles. The minimum absolute atomic E-state index is 0.0145. The molecule has 0 spiro atoms. The third-order valence-corrected chi connectivity index (χ3v) is 6.92. The Morgan fingerprint density at radius 3 is 2.69 bits per heavy atom. The number of ether oxygens (including phenoxy) is 1. The number of nitrogens with one attached hydrogen (secondary N) is 1. The predicted molar refractivity (Wildman–Crippen MR) is 101 cm³/mol. The molecule has 1 amide bonds. The fourth-order valence-electron chi connectivity index (χ4n) is 2.56. The molecule has 1 atom stereocenters. The summed E-state index contributed by atoms with van der Waals surface area (Å²) in [7, 11) is -2.33. The quantitative estimate of drug-likeness (QED) is 0.719. The van der Waals surface area contributed by atoms with E-state index in [4.69, 9.17) is 4.74 Å². The summed E-state index contributed by atoms with van der Waals surface area (Å²) in [6.07, 6.45) is 0.0443. The van der Waals surface area contributed by atoms with E-state index in [1.807, 2.05) is 13.8 Å². The molecule has 1 saturated heterocycles. The van der Waals surface area contributed by atoms with Gasteiger partial charge in [0.05, 0.1) is 12.0 Å². The normalized spacial score (nSPS) is 17.8. The van der Waals surface area contributed by atoms with E-state index in [1.54, 1.807) is 23.1 Å². The minimum atomic E-state index is -3.65. The largest absolute Gasteiger partial charge is 0.468 e. The first-order valence-electron chi connectivity index (χ1n) is 8.28. The first-order chi connectivity index (χ1) is 12.2. The van der Waals surface area contributed by atoms with Gasteiger partial charge >= 0.3 is 5.97 Å². The smallest absolute Gasteiger partial charge is 0.320 e. The third kappa shape index (κ3) is 5.21. The van der Waals surface area contributed by atoms with Gasteiger partial charge in [0.15, 0.2) is 0 Å². The predicted octanol–water partition coefficient (Wildman–Crippen LogP) is 1.09. The van der Waals surface area contributed by atoms with Crippen LogP contribution in [0.4, 0.5) is 0 Å². The van der Waals surface area contributed by atoms with Crippen molar-refractivity contribution in [3.8, 4) is 0 Å². The molecular weight excluding hydrogens is 376 g/mol. The summed E-state index contributed by atoms with van der Waals surface area (Å²) >= 11 is 1.46. The summed E-state index contributed by atoms with van der Waals surface area (Å²) in [6, 6.07) is 4.92. The molecule has 0 saturated carbocycles. The summed E-state index contributed by atoms with van der Waals surface area (Å²) in [4.78, 5) is 25.7. The molecule has 0 radical (unpaired) electrons. The van der Waals surface area contributed by atoms with E-state index in [9.17, 15) is 18.0 Å². The highest BCUT2D eigenvalue weighted by Crippen LogP contribution is 2.20. The van der Waals surface area contributed by atoms with E-state index in [-0.39, 0.29) is 35.0 Å². The summed E-state index contributed by atoms with van der Waals surface area (Å²) < 4.78 is 31.9. The monoisotopic (exact) mass is 400 g/mol. The number of methoxy groups -OCH3 is 1. The van der Waals surface area contributed by atoms with Gasteiger partial charge in [0, 0.05) is 31.8 Å². The number of esters is 1. The highest BCUT2D eigenvalue weighted by atomic mass is 32.2. The van der Waals surface area contributed by atoms with Crippen molar-refractivity contribution in [2.45, 2.75) is 30.4 Å². The number of aryl methyl sites for hydroxylation is 2. The second-order valence-electron chi connectivity index (χ2n) is 6.12. The Morgan fingerprint density at radius 2 is 2.04 bits per heavy atom. The second-order valence-corrected chi connectivity index (χ2v) is 9.19. The third-order valence-electron chi connectivity index (χ3n) is 4.30. The lowest BCUT2D eigenvalue weighted by Crippen LogP contribution is -2.45. The van der Waals surface area contributed by atoms with Crippen LogP contribution in [0.2, 0.25) is 0 Å². The van der Waals surface area contributed by atoms with E-state index in [0.717, 1.165) is 11.1 Å². The number of thioether (sulfide) groups is 1. The van der Waals surface area contributed by atoms with E-state index >= 15 is 0 Å². The molecule has 0 unspecified atom stereocenters. The zero-order valence-electron chi connectivity index (χ0n) is 15.1. The van der Waals surface area contributed by atoms with Crippen LogP contribution in [0.3, 0.4) is 0 Å². The van der Waals surface area contributed by atoms with Crippen molar-refractivity contribution in [1.29, 1.82) is 0 Å². The van der Waals surface area contributed by atoms with Crippen molar-refractivity contribution in [2.75, 3.05) is 32.5 Å². The average molecular weight is 401 g/mol. The fraction of sp³-hybridized carbons (Fsp3) is 0.529. The Balaban J connectivity index is 1.89. The first-order valence-corrected chi connectivity index (χ1v) is 10.8. The first kappa shape index (κ1) is 20.7. The van der Waals surface area contributed by atoms with Gasteiger partial charge in [0.1, 0.15) is 5.25 Å². The van der Waals surface area contributed by atoms with E-state index in [2.05, 4.69) is 4.72 Å². The summed E-state index contributed by atoms with van der Waals surface area (Å²) in [5, 5.41) is -0.384. The molecule has 0 bridgehead atoms. The number of rotatable bonds is 6. The van der Waals surface area contributed by atoms with Gasteiger partial charge in [-0.2, -0.15) is 0 Å². The van der Waals surface area contributed by atoms with Crippen LogP contribution in [0.5, 0.6) is 0 Å². The van der Waals surface area contributed by atoms with Crippen molar-refractivity contribution >= 4 is 33.7 Å². The lowest BCUT2D eigenvalue weighted by molar-refractivity contribution is -0.141. The van der Waals surface area contributed by atoms with Crippen LogP contribution in [0.15, 0.2) is 23.1 Å². The molecule has 1 heterocycles. The summed E-state index contributed by atoms with van der Waals surface area (Å²) in [5.74, 6) is 0.129. The second kappa shape index (κ2) is 8.88. The molecule has 144 valence electrons. The van der Waals surface area contributed by atoms with Crippen molar-refractivity contribution in [3.63, 3.8) is 0 Å². The molecule has 1 fully saturated rings. The van der Waals surface area contributed by atoms with Gasteiger partial charge in [-0.25, -0.2) is 13.1 Å². The van der Waals surface area contributed by atoms with E-state index in [0.29, 0.717) is 18.8 Å². The van der Waals surface area contributed by atoms with Crippen LogP contribution in [0.1, 0.15) is 17.5 Å². The molecule has 1 aliphatic rings. The Hall–Kier alpha value is -1.58. The lowest BCUT2D eigenvalue weighted by Gasteiger charge is -2.31. The van der Waals surface area contributed by atoms with Gasteiger partial charge in [-0.1, -0.05) is 6.07 Å². The number of amides is 1. The molecule has 1 aliphatic heterocycles. The molecule has 0 aromatic heterocycles. The van der Waals surface area contributed by atoms with Crippen molar-refractivity contribution in [1.82, 2.24) is 9.62 Å². The van der Waals surface area contributed by atoms with Crippen LogP contribution < -0.4 is 4.72 Å². The minimum Gasteiger partial charge on any atom is -0.468 e. The number of benzene rings is 1. The van der Waals surface area contributed by atoms with Gasteiger partial charge in [0.25, 0.3) is 0 Å². The zero-order valence-corrected chi connectivity index (χ0v) is 16.8. The maximum absolute atomic E-state index is 12.3. The molecule has 1 aromatic rings. The van der Waals surface area contributed by atoms with E-state index in [1.165, 1.54) is 18.9 Å². The number of carbonyl (C=O) groups excluding carboxylic acids is 2. The molecule has 9 heteroatoms. The molecular formula is C17H24N2O5S2. The number of nitrogens with zero attached hydrogens (tertiary/aromatic N) is 1. The molecule has 0 aliphatic carbocycles. The van der Waals surface area contributed by atoms with Gasteiger partial charge < -0.3 is 9.64 Å². The SMILES string of the molecule is COC(=O)[C@@H]1CN(C(=O)CCNS(=O)(=O)c2ccc(C)c(C)c2)CCS1. The van der Waals surface area contributed by atoms with E-state index < -0.39 is 10.0 Å². The van der Waals surface area contributed by atoms with Crippen molar-refractivity contribution in [2.24, 2.45) is 0 Å². The maximum atomic E-state index is 12.3. The fourth-order valence-corrected chi connectivity index (χ4v) is 4.81. The van der Waals surface area contributed by atoms with Gasteiger partial charge in [0.2, 0.25) is 15.9 Å². The average Bonchev–Trinajstić information content (AvgIpc) is 2.63. The van der Waals surface area contributed by atoms with Crippen molar-refractivity contribution in [3.05, 3.63) is 29.3 Å². The number of carbonyl (C=O) groups is 2. The van der Waals surface area contributed by atoms with Crippen LogP contribution in [-0.4, -0.2) is 62.9 Å².